The van der Waals surface area contributed by atoms with Crippen molar-refractivity contribution < 1.29 is 9.53 Å². The van der Waals surface area contributed by atoms with Crippen LogP contribution in [0.2, 0.25) is 0 Å². The summed E-state index contributed by atoms with van der Waals surface area (Å²) in [6, 6.07) is 3.84. The molecule has 23 heavy (non-hydrogen) atoms. The Hall–Kier alpha value is -1.32. The minimum absolute atomic E-state index is 0.0912. The first-order valence-corrected chi connectivity index (χ1v) is 8.79. The molecule has 1 aromatic rings. The molecular formula is C17H18Br2N2O2. The second-order valence-electron chi connectivity index (χ2n) is 6.16. The molecular weight excluding hydrogens is 424 g/mol. The van der Waals surface area contributed by atoms with Crippen molar-refractivity contribution in [2.75, 3.05) is 0 Å². The molecule has 0 amide bonds. The number of halogens is 2. The highest BCUT2D eigenvalue weighted by molar-refractivity contribution is 9.28. The van der Waals surface area contributed by atoms with Gasteiger partial charge in [0.25, 0.3) is 0 Å². The van der Waals surface area contributed by atoms with Crippen molar-refractivity contribution >= 4 is 37.8 Å². The van der Waals surface area contributed by atoms with Gasteiger partial charge in [0.1, 0.15) is 6.07 Å². The molecule has 3 unspecified atom stereocenters. The number of ether oxygens (including phenoxy) is 1. The van der Waals surface area contributed by atoms with E-state index in [0.29, 0.717) is 12.1 Å². The zero-order valence-corrected chi connectivity index (χ0v) is 16.2. The Morgan fingerprint density at radius 3 is 2.87 bits per heavy atom. The first-order valence-electron chi connectivity index (χ1n) is 7.20. The number of carbonyl (C=O) groups excluding carboxylic acids is 1. The fourth-order valence-corrected chi connectivity index (χ4v) is 3.38. The molecule has 1 aromatic heterocycles. The summed E-state index contributed by atoms with van der Waals surface area (Å²) in [6.45, 7) is 8.36. The Morgan fingerprint density at radius 1 is 1.61 bits per heavy atom. The van der Waals surface area contributed by atoms with Gasteiger partial charge in [0.15, 0.2) is 0 Å². The summed E-state index contributed by atoms with van der Waals surface area (Å²) < 4.78 is 8.15. The van der Waals surface area contributed by atoms with E-state index in [-0.39, 0.29) is 23.2 Å². The number of nitriles is 1. The van der Waals surface area contributed by atoms with Crippen molar-refractivity contribution in [2.45, 2.75) is 26.5 Å². The molecule has 4 nitrogen and oxygen atoms in total. The average Bonchev–Trinajstić information content (AvgIpc) is 2.83. The maximum atomic E-state index is 12.4. The van der Waals surface area contributed by atoms with Crippen molar-refractivity contribution in [3.63, 3.8) is 0 Å². The minimum atomic E-state index is -0.887. The second kappa shape index (κ2) is 7.06. The van der Waals surface area contributed by atoms with Crippen LogP contribution >= 0.6 is 31.9 Å². The van der Waals surface area contributed by atoms with Gasteiger partial charge in [-0.15, -0.1) is 6.58 Å². The third-order valence-corrected chi connectivity index (χ3v) is 4.77. The van der Waals surface area contributed by atoms with Crippen LogP contribution in [-0.4, -0.2) is 10.5 Å². The lowest BCUT2D eigenvalue weighted by atomic mass is 10.1. The first-order chi connectivity index (χ1) is 10.8. The molecule has 6 heteroatoms. The summed E-state index contributed by atoms with van der Waals surface area (Å²) in [5.74, 6) is -0.479. The third kappa shape index (κ3) is 3.96. The lowest BCUT2D eigenvalue weighted by molar-refractivity contribution is -0.149. The van der Waals surface area contributed by atoms with E-state index in [9.17, 15) is 10.1 Å². The zero-order chi connectivity index (χ0) is 17.2. The van der Waals surface area contributed by atoms with E-state index in [0.717, 1.165) is 3.39 Å². The predicted molar refractivity (Wildman–Crippen MR) is 95.8 cm³/mol. The topological polar surface area (TPSA) is 55.0 Å². The molecule has 3 atom stereocenters. The molecule has 0 aromatic carbocycles. The highest BCUT2D eigenvalue weighted by Gasteiger charge is 2.61. The maximum absolute atomic E-state index is 12.4. The van der Waals surface area contributed by atoms with Crippen molar-refractivity contribution in [3.05, 3.63) is 46.1 Å². The number of carbonyl (C=O) groups is 1. The Kier molecular flexibility index (Phi) is 5.53. The van der Waals surface area contributed by atoms with Crippen LogP contribution in [0.15, 0.2) is 40.6 Å². The van der Waals surface area contributed by atoms with Crippen molar-refractivity contribution in [1.82, 2.24) is 4.57 Å². The number of allylic oxidation sites excluding steroid dienone is 2. The molecule has 0 radical (unpaired) electrons. The molecule has 0 spiro atoms. The van der Waals surface area contributed by atoms with Crippen molar-refractivity contribution in [2.24, 2.45) is 17.3 Å². The van der Waals surface area contributed by atoms with E-state index in [1.807, 2.05) is 30.7 Å². The smallest absolute Gasteiger partial charge is 0.311 e. The number of rotatable bonds is 6. The average molecular weight is 442 g/mol. The summed E-state index contributed by atoms with van der Waals surface area (Å²) in [6.07, 6.45) is 6.46. The van der Waals surface area contributed by atoms with E-state index in [1.165, 1.54) is 0 Å². The van der Waals surface area contributed by atoms with E-state index in [2.05, 4.69) is 44.5 Å². The number of aromatic nitrogens is 1. The van der Waals surface area contributed by atoms with Crippen LogP contribution in [0.3, 0.4) is 0 Å². The van der Waals surface area contributed by atoms with Crippen LogP contribution in [0.1, 0.15) is 25.5 Å². The van der Waals surface area contributed by atoms with Crippen LogP contribution in [0, 0.1) is 28.6 Å². The molecule has 0 aliphatic heterocycles. The highest BCUT2D eigenvalue weighted by Crippen LogP contribution is 2.60. The predicted octanol–water partition coefficient (Wildman–Crippen LogP) is 4.69. The summed E-state index contributed by atoms with van der Waals surface area (Å²) in [5, 5.41) is 9.33. The third-order valence-electron chi connectivity index (χ3n) is 4.24. The minimum Gasteiger partial charge on any atom is -0.442 e. The molecule has 1 fully saturated rings. The van der Waals surface area contributed by atoms with Crippen LogP contribution in [0.5, 0.6) is 0 Å². The molecule has 0 saturated heterocycles. The zero-order valence-electron chi connectivity index (χ0n) is 13.0. The molecule has 122 valence electrons. The molecule has 1 heterocycles. The van der Waals surface area contributed by atoms with Gasteiger partial charge in [0.05, 0.1) is 9.31 Å². The number of hydrogen-bond acceptors (Lipinski definition) is 3. The van der Waals surface area contributed by atoms with Crippen molar-refractivity contribution in [1.29, 1.82) is 5.26 Å². The first kappa shape index (κ1) is 18.0. The fourth-order valence-electron chi connectivity index (χ4n) is 2.81. The van der Waals surface area contributed by atoms with Crippen LogP contribution in [0.25, 0.3) is 0 Å². The fraction of sp³-hybridized carbons (Fsp3) is 0.412. The lowest BCUT2D eigenvalue weighted by Gasteiger charge is -2.10. The van der Waals surface area contributed by atoms with Gasteiger partial charge in [0, 0.05) is 24.5 Å². The monoisotopic (exact) mass is 440 g/mol. The van der Waals surface area contributed by atoms with Gasteiger partial charge < -0.3 is 9.30 Å². The highest BCUT2D eigenvalue weighted by atomic mass is 79.9. The van der Waals surface area contributed by atoms with Crippen molar-refractivity contribution in [3.8, 4) is 6.07 Å². The van der Waals surface area contributed by atoms with Crippen LogP contribution < -0.4 is 0 Å². The summed E-state index contributed by atoms with van der Waals surface area (Å²) >= 11 is 6.65. The van der Waals surface area contributed by atoms with Gasteiger partial charge >= 0.3 is 5.97 Å². The van der Waals surface area contributed by atoms with E-state index < -0.39 is 6.10 Å². The second-order valence-corrected chi connectivity index (χ2v) is 8.93. The molecule has 1 aliphatic rings. The molecule has 1 saturated carbocycles. The SMILES string of the molecule is C=CCn1ccc(C(C#N)OC(=O)C2C(C=C(Br)Br)C2(C)C)c1. The Labute approximate surface area is 153 Å². The normalized spacial score (nSPS) is 22.6. The van der Waals surface area contributed by atoms with E-state index in [1.54, 1.807) is 18.3 Å². The Morgan fingerprint density at radius 2 is 2.30 bits per heavy atom. The van der Waals surface area contributed by atoms with Gasteiger partial charge in [0.2, 0.25) is 6.10 Å². The summed E-state index contributed by atoms with van der Waals surface area (Å²) in [5.41, 5.74) is 0.508. The Balaban J connectivity index is 2.07. The summed E-state index contributed by atoms with van der Waals surface area (Å²) in [7, 11) is 0. The number of esters is 1. The molecule has 0 bridgehead atoms. The Bertz CT molecular complexity index is 681. The summed E-state index contributed by atoms with van der Waals surface area (Å²) in [4.78, 5) is 12.4. The molecule has 0 N–H and O–H groups in total. The molecule has 2 rings (SSSR count). The van der Waals surface area contributed by atoms with Gasteiger partial charge in [-0.2, -0.15) is 5.26 Å². The maximum Gasteiger partial charge on any atom is 0.311 e. The largest absolute Gasteiger partial charge is 0.442 e. The van der Waals surface area contributed by atoms with E-state index in [4.69, 9.17) is 4.74 Å². The quantitative estimate of drug-likeness (QED) is 0.475. The van der Waals surface area contributed by atoms with Gasteiger partial charge in [-0.3, -0.25) is 4.79 Å². The number of nitrogens with zero attached hydrogens (tertiary/aromatic N) is 2. The molecule has 1 aliphatic carbocycles. The van der Waals surface area contributed by atoms with Crippen LogP contribution in [0.4, 0.5) is 0 Å². The van der Waals surface area contributed by atoms with Gasteiger partial charge in [-0.05, 0) is 49.3 Å². The van der Waals surface area contributed by atoms with E-state index >= 15 is 0 Å². The standard InChI is InChI=1S/C17H18Br2N2O2/c1-4-6-21-7-5-11(10-21)13(9-20)23-16(22)15-12(8-14(18)19)17(15,2)3/h4-5,7-8,10,12-13,15H,1,6H2,2-3H3. The number of hydrogen-bond donors (Lipinski definition) is 0. The lowest BCUT2D eigenvalue weighted by Crippen LogP contribution is -2.14. The van der Waals surface area contributed by atoms with Gasteiger partial charge in [-0.1, -0.05) is 26.0 Å². The van der Waals surface area contributed by atoms with Crippen LogP contribution in [-0.2, 0) is 16.1 Å². The van der Waals surface area contributed by atoms with Gasteiger partial charge in [-0.25, -0.2) is 0 Å².